The van der Waals surface area contributed by atoms with Gasteiger partial charge in [-0.3, -0.25) is 19.7 Å². The summed E-state index contributed by atoms with van der Waals surface area (Å²) in [7, 11) is 0. The molecule has 2 aromatic heterocycles. The topological polar surface area (TPSA) is 55.3 Å². The summed E-state index contributed by atoms with van der Waals surface area (Å²) in [5.41, 5.74) is 4.22. The van der Waals surface area contributed by atoms with E-state index in [4.69, 9.17) is 4.74 Å². The summed E-state index contributed by atoms with van der Waals surface area (Å²) in [5, 5.41) is 1.11. The maximum atomic E-state index is 11.7. The first-order chi connectivity index (χ1) is 13.2. The Bertz CT molecular complexity index is 957. The molecule has 3 aromatic rings. The lowest BCUT2D eigenvalue weighted by Gasteiger charge is -2.15. The van der Waals surface area contributed by atoms with Gasteiger partial charge in [0, 0.05) is 29.9 Å². The Morgan fingerprint density at radius 1 is 1.22 bits per heavy atom. The van der Waals surface area contributed by atoms with Crippen LogP contribution in [0.4, 0.5) is 0 Å². The van der Waals surface area contributed by atoms with Gasteiger partial charge in [-0.1, -0.05) is 18.2 Å². The average Bonchev–Trinajstić information content (AvgIpc) is 3.16. The van der Waals surface area contributed by atoms with Gasteiger partial charge >= 0.3 is 5.97 Å². The lowest BCUT2D eigenvalue weighted by molar-refractivity contribution is -0.144. The summed E-state index contributed by atoms with van der Waals surface area (Å²) in [6.07, 6.45) is 4.79. The molecule has 1 atom stereocenters. The van der Waals surface area contributed by atoms with Crippen molar-refractivity contribution in [3.05, 3.63) is 60.4 Å². The maximum absolute atomic E-state index is 11.7. The summed E-state index contributed by atoms with van der Waals surface area (Å²) < 4.78 is 5.06. The zero-order chi connectivity index (χ0) is 18.6. The number of carbonyl (C=O) groups is 1. The van der Waals surface area contributed by atoms with E-state index in [1.807, 2.05) is 37.5 Å². The number of fused-ring (bicyclic) bond motifs is 1. The number of pyridine rings is 2. The molecule has 5 heteroatoms. The predicted molar refractivity (Wildman–Crippen MR) is 105 cm³/mol. The third-order valence-corrected chi connectivity index (χ3v) is 5.07. The lowest BCUT2D eigenvalue weighted by Crippen LogP contribution is -2.28. The van der Waals surface area contributed by atoms with Crippen molar-refractivity contribution in [3.63, 3.8) is 0 Å². The van der Waals surface area contributed by atoms with Crippen molar-refractivity contribution in [2.45, 2.75) is 19.3 Å². The molecular weight excluding hydrogens is 338 g/mol. The Balaban J connectivity index is 1.51. The third-order valence-electron chi connectivity index (χ3n) is 5.07. The number of carbonyl (C=O) groups excluding carboxylic acids is 1. The zero-order valence-electron chi connectivity index (χ0n) is 15.5. The van der Waals surface area contributed by atoms with Crippen LogP contribution >= 0.6 is 0 Å². The first kappa shape index (κ1) is 17.6. The number of benzene rings is 1. The van der Waals surface area contributed by atoms with Crippen LogP contribution in [0.25, 0.3) is 22.2 Å². The number of hydrogen-bond acceptors (Lipinski definition) is 5. The molecule has 5 nitrogen and oxygen atoms in total. The Morgan fingerprint density at radius 2 is 2.11 bits per heavy atom. The number of hydrogen-bond donors (Lipinski definition) is 0. The SMILES string of the molecule is CCOC(=O)CN1CC[C@H](c2ccnc(-c3cnc4ccccc4c3)c2)C1. The fourth-order valence-corrected chi connectivity index (χ4v) is 3.71. The molecule has 0 unspecified atom stereocenters. The number of rotatable bonds is 5. The highest BCUT2D eigenvalue weighted by atomic mass is 16.5. The maximum Gasteiger partial charge on any atom is 0.320 e. The summed E-state index contributed by atoms with van der Waals surface area (Å²) in [4.78, 5) is 23.0. The van der Waals surface area contributed by atoms with Crippen molar-refractivity contribution in [1.29, 1.82) is 0 Å². The Labute approximate surface area is 159 Å². The van der Waals surface area contributed by atoms with Crippen molar-refractivity contribution in [1.82, 2.24) is 14.9 Å². The molecule has 0 aliphatic carbocycles. The van der Waals surface area contributed by atoms with E-state index in [0.29, 0.717) is 19.1 Å². The van der Waals surface area contributed by atoms with Gasteiger partial charge < -0.3 is 4.74 Å². The third kappa shape index (κ3) is 3.98. The van der Waals surface area contributed by atoms with E-state index in [9.17, 15) is 4.79 Å². The first-order valence-electron chi connectivity index (χ1n) is 9.42. The molecule has 1 saturated heterocycles. The van der Waals surface area contributed by atoms with E-state index in [0.717, 1.165) is 41.7 Å². The fraction of sp³-hybridized carbons (Fsp3) is 0.318. The molecule has 1 aliphatic rings. The van der Waals surface area contributed by atoms with Crippen LogP contribution in [0.15, 0.2) is 54.9 Å². The quantitative estimate of drug-likeness (QED) is 0.649. The van der Waals surface area contributed by atoms with E-state index in [-0.39, 0.29) is 5.97 Å². The van der Waals surface area contributed by atoms with Crippen molar-refractivity contribution in [2.24, 2.45) is 0 Å². The minimum absolute atomic E-state index is 0.143. The second-order valence-corrected chi connectivity index (χ2v) is 6.92. The molecule has 138 valence electrons. The van der Waals surface area contributed by atoms with Crippen molar-refractivity contribution in [3.8, 4) is 11.3 Å². The second kappa shape index (κ2) is 7.84. The van der Waals surface area contributed by atoms with Crippen LogP contribution < -0.4 is 0 Å². The largest absolute Gasteiger partial charge is 0.465 e. The van der Waals surface area contributed by atoms with E-state index in [2.05, 4.69) is 39.1 Å². The Hall–Kier alpha value is -2.79. The molecule has 0 saturated carbocycles. The average molecular weight is 361 g/mol. The monoisotopic (exact) mass is 361 g/mol. The van der Waals surface area contributed by atoms with Gasteiger partial charge in [0.25, 0.3) is 0 Å². The van der Waals surface area contributed by atoms with Gasteiger partial charge in [0.1, 0.15) is 0 Å². The standard InChI is InChI=1S/C22H23N3O2/c1-2-27-22(26)15-25-10-8-18(14-25)16-7-9-23-21(12-16)19-11-17-5-3-4-6-20(17)24-13-19/h3-7,9,11-13,18H,2,8,10,14-15H2,1H3/t18-/m0/s1. The summed E-state index contributed by atoms with van der Waals surface area (Å²) >= 11 is 0. The normalized spacial score (nSPS) is 17.3. The minimum Gasteiger partial charge on any atom is -0.465 e. The zero-order valence-corrected chi connectivity index (χ0v) is 15.5. The van der Waals surface area contributed by atoms with Gasteiger partial charge in [-0.15, -0.1) is 0 Å². The number of para-hydroxylation sites is 1. The summed E-state index contributed by atoms with van der Waals surface area (Å²) in [5.74, 6) is 0.269. The summed E-state index contributed by atoms with van der Waals surface area (Å²) in [6.45, 7) is 4.43. The van der Waals surface area contributed by atoms with Crippen molar-refractivity contribution >= 4 is 16.9 Å². The van der Waals surface area contributed by atoms with Crippen molar-refractivity contribution < 1.29 is 9.53 Å². The molecule has 4 rings (SSSR count). The molecule has 1 fully saturated rings. The van der Waals surface area contributed by atoms with Gasteiger partial charge in [0.2, 0.25) is 0 Å². The van der Waals surface area contributed by atoms with Gasteiger partial charge in [0.15, 0.2) is 0 Å². The highest BCUT2D eigenvalue weighted by molar-refractivity contribution is 5.82. The van der Waals surface area contributed by atoms with Gasteiger partial charge in [-0.25, -0.2) is 0 Å². The fourth-order valence-electron chi connectivity index (χ4n) is 3.71. The lowest BCUT2D eigenvalue weighted by atomic mass is 9.97. The Kier molecular flexibility index (Phi) is 5.12. The molecule has 0 N–H and O–H groups in total. The molecule has 0 amide bonds. The predicted octanol–water partition coefficient (Wildman–Crippen LogP) is 3.65. The minimum atomic E-state index is -0.143. The van der Waals surface area contributed by atoms with Crippen LogP contribution in [-0.4, -0.2) is 47.1 Å². The van der Waals surface area contributed by atoms with Crippen LogP contribution in [0, 0.1) is 0 Å². The van der Waals surface area contributed by atoms with E-state index in [1.54, 1.807) is 0 Å². The molecule has 0 spiro atoms. The van der Waals surface area contributed by atoms with Crippen LogP contribution in [0.5, 0.6) is 0 Å². The molecule has 0 radical (unpaired) electrons. The molecule has 0 bridgehead atoms. The van der Waals surface area contributed by atoms with Gasteiger partial charge in [-0.2, -0.15) is 0 Å². The van der Waals surface area contributed by atoms with E-state index in [1.165, 1.54) is 5.56 Å². The highest BCUT2D eigenvalue weighted by Crippen LogP contribution is 2.29. The molecular formula is C22H23N3O2. The van der Waals surface area contributed by atoms with Crippen LogP contribution in [0.1, 0.15) is 24.8 Å². The number of nitrogens with zero attached hydrogens (tertiary/aromatic N) is 3. The number of aromatic nitrogens is 2. The van der Waals surface area contributed by atoms with Crippen LogP contribution in [0.2, 0.25) is 0 Å². The van der Waals surface area contributed by atoms with Crippen LogP contribution in [0.3, 0.4) is 0 Å². The van der Waals surface area contributed by atoms with E-state index < -0.39 is 0 Å². The highest BCUT2D eigenvalue weighted by Gasteiger charge is 2.26. The molecule has 27 heavy (non-hydrogen) atoms. The second-order valence-electron chi connectivity index (χ2n) is 6.92. The smallest absolute Gasteiger partial charge is 0.320 e. The molecule has 3 heterocycles. The summed E-state index contributed by atoms with van der Waals surface area (Å²) in [6, 6.07) is 14.5. The number of ether oxygens (including phenoxy) is 1. The van der Waals surface area contributed by atoms with Gasteiger partial charge in [-0.05, 0) is 55.6 Å². The van der Waals surface area contributed by atoms with E-state index >= 15 is 0 Å². The number of esters is 1. The van der Waals surface area contributed by atoms with Gasteiger partial charge in [0.05, 0.1) is 24.4 Å². The van der Waals surface area contributed by atoms with Crippen molar-refractivity contribution in [2.75, 3.05) is 26.2 Å². The molecule has 1 aliphatic heterocycles. The number of likely N-dealkylation sites (tertiary alicyclic amines) is 1. The Morgan fingerprint density at radius 3 is 3.00 bits per heavy atom. The molecule has 1 aromatic carbocycles. The first-order valence-corrected chi connectivity index (χ1v) is 9.42. The van der Waals surface area contributed by atoms with Crippen LogP contribution in [-0.2, 0) is 9.53 Å².